The summed E-state index contributed by atoms with van der Waals surface area (Å²) in [5, 5.41) is 3.43. The number of carbonyl (C=O) groups excluding carboxylic acids is 1. The van der Waals surface area contributed by atoms with Crippen LogP contribution >= 0.6 is 11.8 Å². The summed E-state index contributed by atoms with van der Waals surface area (Å²) in [5.41, 5.74) is 8.99. The van der Waals surface area contributed by atoms with E-state index in [1.165, 1.54) is 0 Å². The second-order valence-electron chi connectivity index (χ2n) is 5.16. The summed E-state index contributed by atoms with van der Waals surface area (Å²) in [6.07, 6.45) is 1.34. The molecule has 0 aromatic heterocycles. The number of nitrogens with two attached hydrogens (primary N) is 1. The molecular weight excluding hydrogens is 244 g/mol. The maximum Gasteiger partial charge on any atom is 0.224 e. The summed E-state index contributed by atoms with van der Waals surface area (Å²) >= 11 is 1.78. The Balaban J connectivity index is 2.26. The minimum absolute atomic E-state index is 0.0973. The minimum atomic E-state index is 0.0973. The fraction of sp³-hybridized carbons (Fsp3) is 0.500. The molecule has 98 valence electrons. The number of hydrogen-bond acceptors (Lipinski definition) is 3. The Hall–Kier alpha value is -1.16. The average Bonchev–Trinajstić information content (AvgIpc) is 2.30. The molecule has 0 saturated heterocycles. The fourth-order valence-corrected chi connectivity index (χ4v) is 2.92. The molecular formula is C14H20N2OS. The van der Waals surface area contributed by atoms with Crippen LogP contribution in [0.25, 0.3) is 0 Å². The number of aryl methyl sites for hydroxylation is 1. The van der Waals surface area contributed by atoms with Gasteiger partial charge < -0.3 is 11.1 Å². The Morgan fingerprint density at radius 2 is 2.00 bits per heavy atom. The van der Waals surface area contributed by atoms with E-state index in [0.717, 1.165) is 28.3 Å². The average molecular weight is 264 g/mol. The van der Waals surface area contributed by atoms with Gasteiger partial charge in [0.05, 0.1) is 0 Å². The summed E-state index contributed by atoms with van der Waals surface area (Å²) in [4.78, 5) is 12.5. The first-order valence-corrected chi connectivity index (χ1v) is 7.24. The van der Waals surface area contributed by atoms with Gasteiger partial charge in [-0.1, -0.05) is 20.8 Å². The number of rotatable bonds is 3. The number of carbonyl (C=O) groups is 1. The Labute approximate surface area is 113 Å². The van der Waals surface area contributed by atoms with Crippen LogP contribution in [0.3, 0.4) is 0 Å². The lowest BCUT2D eigenvalue weighted by Gasteiger charge is -2.21. The van der Waals surface area contributed by atoms with E-state index in [0.29, 0.717) is 17.6 Å². The molecule has 0 saturated carbocycles. The van der Waals surface area contributed by atoms with Crippen LogP contribution in [0, 0.1) is 5.92 Å². The zero-order valence-corrected chi connectivity index (χ0v) is 11.9. The summed E-state index contributed by atoms with van der Waals surface area (Å²) in [7, 11) is 0. The highest BCUT2D eigenvalue weighted by Gasteiger charge is 2.18. The van der Waals surface area contributed by atoms with Gasteiger partial charge in [-0.3, -0.25) is 4.79 Å². The highest BCUT2D eigenvalue weighted by atomic mass is 32.2. The van der Waals surface area contributed by atoms with Crippen molar-refractivity contribution >= 4 is 29.0 Å². The molecule has 3 N–H and O–H groups in total. The summed E-state index contributed by atoms with van der Waals surface area (Å²) in [6.45, 7) is 6.61. The van der Waals surface area contributed by atoms with Gasteiger partial charge in [-0.2, -0.15) is 0 Å². The van der Waals surface area contributed by atoms with Crippen LogP contribution in [-0.4, -0.2) is 11.2 Å². The van der Waals surface area contributed by atoms with Crippen molar-refractivity contribution in [3.05, 3.63) is 17.7 Å². The van der Waals surface area contributed by atoms with Gasteiger partial charge in [0.15, 0.2) is 0 Å². The number of nitrogen functional groups attached to an aromatic ring is 1. The van der Waals surface area contributed by atoms with Gasteiger partial charge in [-0.15, -0.1) is 11.8 Å². The van der Waals surface area contributed by atoms with E-state index in [9.17, 15) is 4.79 Å². The van der Waals surface area contributed by atoms with Gasteiger partial charge in [0.25, 0.3) is 0 Å². The smallest absolute Gasteiger partial charge is 0.224 e. The van der Waals surface area contributed by atoms with Crippen molar-refractivity contribution < 1.29 is 4.79 Å². The first-order valence-electron chi connectivity index (χ1n) is 6.36. The second kappa shape index (κ2) is 5.22. The minimum Gasteiger partial charge on any atom is -0.398 e. The van der Waals surface area contributed by atoms with Crippen LogP contribution in [0.5, 0.6) is 0 Å². The van der Waals surface area contributed by atoms with E-state index in [-0.39, 0.29) is 5.91 Å². The van der Waals surface area contributed by atoms with Crippen LogP contribution in [0.15, 0.2) is 17.0 Å². The SMILES string of the molecule is CC(C)C(C)Sc1cc2c(cc1N)CCC(=O)N2. The highest BCUT2D eigenvalue weighted by Crippen LogP contribution is 2.37. The van der Waals surface area contributed by atoms with Crippen LogP contribution < -0.4 is 11.1 Å². The number of fused-ring (bicyclic) bond motifs is 1. The Bertz CT molecular complexity index is 471. The molecule has 1 aromatic carbocycles. The zero-order chi connectivity index (χ0) is 13.3. The summed E-state index contributed by atoms with van der Waals surface area (Å²) in [5.74, 6) is 0.695. The summed E-state index contributed by atoms with van der Waals surface area (Å²) < 4.78 is 0. The van der Waals surface area contributed by atoms with E-state index in [1.54, 1.807) is 11.8 Å². The first kappa shape index (κ1) is 13.3. The van der Waals surface area contributed by atoms with Gasteiger partial charge in [0.2, 0.25) is 5.91 Å². The monoisotopic (exact) mass is 264 g/mol. The third-order valence-corrected chi connectivity index (χ3v) is 4.91. The van der Waals surface area contributed by atoms with Crippen molar-refractivity contribution in [3.63, 3.8) is 0 Å². The van der Waals surface area contributed by atoms with E-state index in [2.05, 4.69) is 26.1 Å². The molecule has 0 radical (unpaired) electrons. The molecule has 18 heavy (non-hydrogen) atoms. The lowest BCUT2D eigenvalue weighted by Crippen LogP contribution is -2.19. The Kier molecular flexibility index (Phi) is 3.85. The van der Waals surface area contributed by atoms with Gasteiger partial charge in [0, 0.05) is 27.9 Å². The van der Waals surface area contributed by atoms with Crippen molar-refractivity contribution in [2.45, 2.75) is 43.8 Å². The predicted molar refractivity (Wildman–Crippen MR) is 78.0 cm³/mol. The molecule has 0 spiro atoms. The third-order valence-electron chi connectivity index (χ3n) is 3.38. The van der Waals surface area contributed by atoms with Gasteiger partial charge >= 0.3 is 0 Å². The van der Waals surface area contributed by atoms with E-state index in [1.807, 2.05) is 12.1 Å². The topological polar surface area (TPSA) is 55.1 Å². The number of amides is 1. The quantitative estimate of drug-likeness (QED) is 0.650. The van der Waals surface area contributed by atoms with E-state index in [4.69, 9.17) is 5.73 Å². The molecule has 0 aliphatic carbocycles. The van der Waals surface area contributed by atoms with Crippen molar-refractivity contribution in [2.75, 3.05) is 11.1 Å². The second-order valence-corrected chi connectivity index (χ2v) is 6.58. The normalized spacial score (nSPS) is 16.3. The first-order chi connectivity index (χ1) is 8.47. The van der Waals surface area contributed by atoms with Crippen LogP contribution in [0.2, 0.25) is 0 Å². The predicted octanol–water partition coefficient (Wildman–Crippen LogP) is 3.29. The molecule has 0 bridgehead atoms. The van der Waals surface area contributed by atoms with Crippen molar-refractivity contribution in [3.8, 4) is 0 Å². The number of nitrogens with one attached hydrogen (secondary N) is 1. The standard InChI is InChI=1S/C14H20N2OS/c1-8(2)9(3)18-13-7-12-10(6-11(13)15)4-5-14(17)16-12/h6-9H,4-5,15H2,1-3H3,(H,16,17). The molecule has 4 heteroatoms. The maximum absolute atomic E-state index is 11.4. The number of hydrogen-bond donors (Lipinski definition) is 2. The molecule has 1 unspecified atom stereocenters. The van der Waals surface area contributed by atoms with Gasteiger partial charge in [0.1, 0.15) is 0 Å². The molecule has 0 fully saturated rings. The molecule has 1 amide bonds. The molecule has 1 aliphatic rings. The van der Waals surface area contributed by atoms with Crippen LogP contribution in [-0.2, 0) is 11.2 Å². The van der Waals surface area contributed by atoms with Crippen LogP contribution in [0.1, 0.15) is 32.8 Å². The van der Waals surface area contributed by atoms with Gasteiger partial charge in [-0.25, -0.2) is 0 Å². The fourth-order valence-electron chi connectivity index (χ4n) is 1.87. The zero-order valence-electron chi connectivity index (χ0n) is 11.1. The molecule has 3 nitrogen and oxygen atoms in total. The molecule has 1 aliphatic heterocycles. The largest absolute Gasteiger partial charge is 0.398 e. The molecule has 2 rings (SSSR count). The number of thioether (sulfide) groups is 1. The molecule has 1 aromatic rings. The van der Waals surface area contributed by atoms with E-state index >= 15 is 0 Å². The Morgan fingerprint density at radius 1 is 1.28 bits per heavy atom. The number of anilines is 2. The van der Waals surface area contributed by atoms with Crippen LogP contribution in [0.4, 0.5) is 11.4 Å². The molecule has 1 atom stereocenters. The lowest BCUT2D eigenvalue weighted by atomic mass is 10.0. The van der Waals surface area contributed by atoms with Gasteiger partial charge in [-0.05, 0) is 30.0 Å². The lowest BCUT2D eigenvalue weighted by molar-refractivity contribution is -0.116. The third kappa shape index (κ3) is 2.80. The highest BCUT2D eigenvalue weighted by molar-refractivity contribution is 8.00. The molecule has 1 heterocycles. The number of benzene rings is 1. The summed E-state index contributed by atoms with van der Waals surface area (Å²) in [6, 6.07) is 4.02. The van der Waals surface area contributed by atoms with Crippen molar-refractivity contribution in [1.82, 2.24) is 0 Å². The van der Waals surface area contributed by atoms with Crippen molar-refractivity contribution in [1.29, 1.82) is 0 Å². The Morgan fingerprint density at radius 3 is 2.67 bits per heavy atom. The maximum atomic E-state index is 11.4. The van der Waals surface area contributed by atoms with Crippen molar-refractivity contribution in [2.24, 2.45) is 5.92 Å². The van der Waals surface area contributed by atoms with E-state index < -0.39 is 0 Å².